The number of carbonyl (C=O) groups is 2. The normalized spacial score (nSPS) is 12.3. The molecule has 0 aliphatic rings. The molecule has 0 amide bonds. The summed E-state index contributed by atoms with van der Waals surface area (Å²) in [5.74, 6) is -0.666. The number of likely N-dealkylation sites (N-methyl/N-ethyl adjacent to an activating group) is 1. The van der Waals surface area contributed by atoms with Crippen LogP contribution in [0.5, 0.6) is 0 Å². The molecule has 0 fully saturated rings. The van der Waals surface area contributed by atoms with Crippen LogP contribution in [-0.2, 0) is 19.1 Å². The smallest absolute Gasteiger partial charge is 0.323 e. The van der Waals surface area contributed by atoms with Gasteiger partial charge in [0.25, 0.3) is 0 Å². The van der Waals surface area contributed by atoms with Crippen molar-refractivity contribution in [2.24, 2.45) is 0 Å². The topological polar surface area (TPSA) is 55.8 Å². The fraction of sp³-hybridized carbons (Fsp3) is 0.800. The van der Waals surface area contributed by atoms with E-state index in [1.165, 1.54) is 0 Å². The lowest BCUT2D eigenvalue weighted by molar-refractivity contribution is -0.151. The molecule has 1 unspecified atom stereocenters. The summed E-state index contributed by atoms with van der Waals surface area (Å²) in [6, 6.07) is -0.436. The lowest BCUT2D eigenvalue weighted by atomic mass is 10.3. The summed E-state index contributed by atoms with van der Waals surface area (Å²) in [6.07, 6.45) is 0. The zero-order chi connectivity index (χ0) is 11.8. The molecule has 1 atom stereocenters. The summed E-state index contributed by atoms with van der Waals surface area (Å²) in [4.78, 5) is 24.0. The third-order valence-electron chi connectivity index (χ3n) is 1.97. The van der Waals surface area contributed by atoms with Gasteiger partial charge in [0.15, 0.2) is 0 Å². The van der Waals surface area contributed by atoms with Gasteiger partial charge in [0.1, 0.15) is 6.04 Å². The standard InChI is InChI=1S/C10H19NO4/c1-5-14-9(12)7-11(4)8(3)10(13)15-6-2/h8H,5-7H2,1-4H3. The van der Waals surface area contributed by atoms with E-state index in [1.54, 1.807) is 32.7 Å². The van der Waals surface area contributed by atoms with Crippen LogP contribution < -0.4 is 0 Å². The maximum absolute atomic E-state index is 11.3. The van der Waals surface area contributed by atoms with Gasteiger partial charge in [-0.1, -0.05) is 0 Å². The average molecular weight is 217 g/mol. The van der Waals surface area contributed by atoms with Gasteiger partial charge in [-0.3, -0.25) is 14.5 Å². The Kier molecular flexibility index (Phi) is 6.70. The maximum Gasteiger partial charge on any atom is 0.323 e. The van der Waals surface area contributed by atoms with Crippen molar-refractivity contribution in [1.82, 2.24) is 4.90 Å². The minimum absolute atomic E-state index is 0.0911. The Balaban J connectivity index is 4.02. The van der Waals surface area contributed by atoms with E-state index in [-0.39, 0.29) is 18.5 Å². The predicted octanol–water partition coefficient (Wildman–Crippen LogP) is 0.433. The molecule has 0 N–H and O–H groups in total. The highest BCUT2D eigenvalue weighted by Gasteiger charge is 2.21. The van der Waals surface area contributed by atoms with Crippen molar-refractivity contribution in [3.05, 3.63) is 0 Å². The van der Waals surface area contributed by atoms with Crippen LogP contribution in [0.4, 0.5) is 0 Å². The van der Waals surface area contributed by atoms with E-state index in [9.17, 15) is 9.59 Å². The molecule has 0 aromatic rings. The second kappa shape index (κ2) is 7.23. The number of esters is 2. The molecular weight excluding hydrogens is 198 g/mol. The number of carbonyl (C=O) groups excluding carboxylic acids is 2. The molecule has 0 saturated carbocycles. The number of nitrogens with zero attached hydrogens (tertiary/aromatic N) is 1. The molecule has 5 nitrogen and oxygen atoms in total. The first-order chi connectivity index (χ1) is 7.02. The minimum Gasteiger partial charge on any atom is -0.465 e. The Hall–Kier alpha value is -1.10. The van der Waals surface area contributed by atoms with Crippen molar-refractivity contribution >= 4 is 11.9 Å². The second-order valence-corrected chi connectivity index (χ2v) is 3.15. The van der Waals surface area contributed by atoms with Crippen molar-refractivity contribution < 1.29 is 19.1 Å². The Labute approximate surface area is 90.3 Å². The fourth-order valence-corrected chi connectivity index (χ4v) is 0.990. The summed E-state index contributed by atoms with van der Waals surface area (Å²) in [6.45, 7) is 5.96. The first kappa shape index (κ1) is 13.9. The highest BCUT2D eigenvalue weighted by molar-refractivity contribution is 5.77. The van der Waals surface area contributed by atoms with Crippen molar-refractivity contribution in [3.8, 4) is 0 Å². The molecule has 5 heteroatoms. The highest BCUT2D eigenvalue weighted by atomic mass is 16.5. The van der Waals surface area contributed by atoms with Crippen LogP contribution >= 0.6 is 0 Å². The Morgan fingerprint density at radius 2 is 1.73 bits per heavy atom. The van der Waals surface area contributed by atoms with Crippen LogP contribution in [-0.4, -0.2) is 49.7 Å². The summed E-state index contributed by atoms with van der Waals surface area (Å²) in [5, 5.41) is 0. The molecule has 88 valence electrons. The third-order valence-corrected chi connectivity index (χ3v) is 1.97. The summed E-state index contributed by atoms with van der Waals surface area (Å²) in [5.41, 5.74) is 0. The van der Waals surface area contributed by atoms with Crippen LogP contribution in [0.2, 0.25) is 0 Å². The molecule has 0 radical (unpaired) electrons. The number of ether oxygens (including phenoxy) is 2. The Morgan fingerprint density at radius 3 is 2.20 bits per heavy atom. The van der Waals surface area contributed by atoms with Crippen molar-refractivity contribution in [2.75, 3.05) is 26.8 Å². The van der Waals surface area contributed by atoms with Crippen molar-refractivity contribution in [2.45, 2.75) is 26.8 Å². The van der Waals surface area contributed by atoms with E-state index in [0.717, 1.165) is 0 Å². The molecule has 0 aliphatic heterocycles. The van der Waals surface area contributed by atoms with Crippen molar-refractivity contribution in [1.29, 1.82) is 0 Å². The average Bonchev–Trinajstić information content (AvgIpc) is 2.17. The zero-order valence-electron chi connectivity index (χ0n) is 9.78. The van der Waals surface area contributed by atoms with Gasteiger partial charge in [0.05, 0.1) is 19.8 Å². The summed E-state index contributed by atoms with van der Waals surface area (Å²) in [7, 11) is 1.68. The Bertz CT molecular complexity index is 217. The first-order valence-electron chi connectivity index (χ1n) is 5.05. The molecule has 0 aromatic heterocycles. The Morgan fingerprint density at radius 1 is 1.20 bits per heavy atom. The molecule has 0 spiro atoms. The van der Waals surface area contributed by atoms with Crippen LogP contribution in [0.15, 0.2) is 0 Å². The maximum atomic E-state index is 11.3. The van der Waals surface area contributed by atoms with Crippen LogP contribution in [0.1, 0.15) is 20.8 Å². The summed E-state index contributed by atoms with van der Waals surface area (Å²) < 4.78 is 9.60. The summed E-state index contributed by atoms with van der Waals surface area (Å²) >= 11 is 0. The van der Waals surface area contributed by atoms with Gasteiger partial charge in [-0.15, -0.1) is 0 Å². The van der Waals surface area contributed by atoms with E-state index in [0.29, 0.717) is 13.2 Å². The molecular formula is C10H19NO4. The van der Waals surface area contributed by atoms with Gasteiger partial charge in [-0.2, -0.15) is 0 Å². The van der Waals surface area contributed by atoms with Gasteiger partial charge >= 0.3 is 11.9 Å². The monoisotopic (exact) mass is 217 g/mol. The molecule has 0 bridgehead atoms. The second-order valence-electron chi connectivity index (χ2n) is 3.15. The largest absolute Gasteiger partial charge is 0.465 e. The van der Waals surface area contributed by atoms with Gasteiger partial charge in [0, 0.05) is 0 Å². The van der Waals surface area contributed by atoms with Crippen LogP contribution in [0, 0.1) is 0 Å². The zero-order valence-corrected chi connectivity index (χ0v) is 9.78. The minimum atomic E-state index is -0.436. The van der Waals surface area contributed by atoms with Gasteiger partial charge in [-0.25, -0.2) is 0 Å². The molecule has 0 aliphatic carbocycles. The van der Waals surface area contributed by atoms with E-state index in [4.69, 9.17) is 9.47 Å². The van der Waals surface area contributed by atoms with Crippen LogP contribution in [0.3, 0.4) is 0 Å². The number of rotatable bonds is 6. The van der Waals surface area contributed by atoms with Gasteiger partial charge < -0.3 is 9.47 Å². The number of hydrogen-bond acceptors (Lipinski definition) is 5. The van der Waals surface area contributed by atoms with Crippen molar-refractivity contribution in [3.63, 3.8) is 0 Å². The predicted molar refractivity (Wildman–Crippen MR) is 55.4 cm³/mol. The lowest BCUT2D eigenvalue weighted by Gasteiger charge is -2.21. The van der Waals surface area contributed by atoms with E-state index >= 15 is 0 Å². The van der Waals surface area contributed by atoms with E-state index in [1.807, 2.05) is 0 Å². The molecule has 15 heavy (non-hydrogen) atoms. The molecule has 0 heterocycles. The van der Waals surface area contributed by atoms with Gasteiger partial charge in [0.2, 0.25) is 0 Å². The first-order valence-corrected chi connectivity index (χ1v) is 5.05. The van der Waals surface area contributed by atoms with E-state index in [2.05, 4.69) is 0 Å². The van der Waals surface area contributed by atoms with E-state index < -0.39 is 6.04 Å². The molecule has 0 rings (SSSR count). The fourth-order valence-electron chi connectivity index (χ4n) is 0.990. The van der Waals surface area contributed by atoms with Gasteiger partial charge in [-0.05, 0) is 27.8 Å². The quantitative estimate of drug-likeness (QED) is 0.604. The number of hydrogen-bond donors (Lipinski definition) is 0. The highest BCUT2D eigenvalue weighted by Crippen LogP contribution is 1.99. The van der Waals surface area contributed by atoms with Crippen LogP contribution in [0.25, 0.3) is 0 Å². The molecule has 0 aromatic carbocycles. The SMILES string of the molecule is CCOC(=O)CN(C)C(C)C(=O)OCC. The molecule has 0 saturated heterocycles. The third kappa shape index (κ3) is 5.37. The lowest BCUT2D eigenvalue weighted by Crippen LogP contribution is -2.40.